The van der Waals surface area contributed by atoms with Gasteiger partial charge < -0.3 is 9.84 Å². The van der Waals surface area contributed by atoms with E-state index in [0.29, 0.717) is 5.56 Å². The SMILES string of the molecule is O=[N+]([O-])c1cccc(Oc2ncc(CO)cn2)c1Br. The highest BCUT2D eigenvalue weighted by atomic mass is 79.9. The van der Waals surface area contributed by atoms with E-state index in [-0.39, 0.29) is 28.5 Å². The van der Waals surface area contributed by atoms with Gasteiger partial charge >= 0.3 is 6.01 Å². The molecule has 8 heteroatoms. The first kappa shape index (κ1) is 13.4. The molecule has 1 N–H and O–H groups in total. The van der Waals surface area contributed by atoms with Crippen molar-refractivity contribution >= 4 is 21.6 Å². The van der Waals surface area contributed by atoms with E-state index in [1.54, 1.807) is 6.07 Å². The molecule has 0 aliphatic carbocycles. The lowest BCUT2D eigenvalue weighted by atomic mass is 10.3. The van der Waals surface area contributed by atoms with E-state index < -0.39 is 4.92 Å². The zero-order valence-corrected chi connectivity index (χ0v) is 11.1. The van der Waals surface area contributed by atoms with E-state index >= 15 is 0 Å². The average molecular weight is 326 g/mol. The number of aromatic nitrogens is 2. The van der Waals surface area contributed by atoms with Gasteiger partial charge in [0.05, 0.1) is 11.5 Å². The number of ether oxygens (including phenoxy) is 1. The van der Waals surface area contributed by atoms with Crippen molar-refractivity contribution in [3.05, 3.63) is 50.7 Å². The Bertz CT molecular complexity index is 603. The summed E-state index contributed by atoms with van der Waals surface area (Å²) in [6.45, 7) is -0.166. The molecule has 0 spiro atoms. The van der Waals surface area contributed by atoms with Gasteiger partial charge in [-0.05, 0) is 22.0 Å². The van der Waals surface area contributed by atoms with Crippen molar-refractivity contribution in [2.24, 2.45) is 0 Å². The van der Waals surface area contributed by atoms with Crippen LogP contribution in [-0.2, 0) is 6.61 Å². The fourth-order valence-electron chi connectivity index (χ4n) is 1.29. The molecule has 0 unspecified atom stereocenters. The molecule has 7 nitrogen and oxygen atoms in total. The molecule has 0 amide bonds. The third kappa shape index (κ3) is 3.04. The second-order valence-corrected chi connectivity index (χ2v) is 4.27. The molecule has 0 saturated carbocycles. The van der Waals surface area contributed by atoms with Crippen molar-refractivity contribution < 1.29 is 14.8 Å². The van der Waals surface area contributed by atoms with Crippen LogP contribution in [0.25, 0.3) is 0 Å². The predicted octanol–water partition coefficient (Wildman–Crippen LogP) is 2.43. The van der Waals surface area contributed by atoms with Crippen LogP contribution in [0.2, 0.25) is 0 Å². The molecule has 0 aliphatic rings. The summed E-state index contributed by atoms with van der Waals surface area (Å²) in [5.41, 5.74) is 0.440. The fourth-order valence-corrected chi connectivity index (χ4v) is 1.78. The number of hydrogen-bond donors (Lipinski definition) is 1. The molecule has 98 valence electrons. The van der Waals surface area contributed by atoms with Crippen LogP contribution in [0.4, 0.5) is 5.69 Å². The number of nitrogens with zero attached hydrogens (tertiary/aromatic N) is 3. The topological polar surface area (TPSA) is 98.4 Å². The van der Waals surface area contributed by atoms with Crippen LogP contribution in [0.5, 0.6) is 11.8 Å². The zero-order chi connectivity index (χ0) is 13.8. The molecule has 0 atom stereocenters. The van der Waals surface area contributed by atoms with E-state index in [1.807, 2.05) is 0 Å². The van der Waals surface area contributed by atoms with E-state index in [9.17, 15) is 10.1 Å². The Morgan fingerprint density at radius 1 is 1.37 bits per heavy atom. The van der Waals surface area contributed by atoms with Crippen LogP contribution in [0.1, 0.15) is 5.56 Å². The summed E-state index contributed by atoms with van der Waals surface area (Å²) in [5, 5.41) is 19.6. The maximum absolute atomic E-state index is 10.8. The Morgan fingerprint density at radius 2 is 2.05 bits per heavy atom. The number of hydrogen-bond acceptors (Lipinski definition) is 6. The van der Waals surface area contributed by atoms with Gasteiger partial charge in [0.25, 0.3) is 5.69 Å². The molecule has 0 fully saturated rings. The van der Waals surface area contributed by atoms with Crippen molar-refractivity contribution in [3.63, 3.8) is 0 Å². The van der Waals surface area contributed by atoms with Gasteiger partial charge in [-0.15, -0.1) is 0 Å². The first-order chi connectivity index (χ1) is 9.11. The third-order valence-electron chi connectivity index (χ3n) is 2.21. The Labute approximate surface area is 116 Å². The van der Waals surface area contributed by atoms with Gasteiger partial charge in [0.15, 0.2) is 5.75 Å². The van der Waals surface area contributed by atoms with Gasteiger partial charge in [0.1, 0.15) is 4.47 Å². The molecule has 0 saturated heterocycles. The highest BCUT2D eigenvalue weighted by molar-refractivity contribution is 9.10. The first-order valence-corrected chi connectivity index (χ1v) is 5.93. The molecule has 1 aromatic heterocycles. The lowest BCUT2D eigenvalue weighted by molar-refractivity contribution is -0.385. The molecular weight excluding hydrogens is 318 g/mol. The summed E-state index contributed by atoms with van der Waals surface area (Å²) in [7, 11) is 0. The van der Waals surface area contributed by atoms with Crippen molar-refractivity contribution in [1.29, 1.82) is 0 Å². The summed E-state index contributed by atoms with van der Waals surface area (Å²) in [5.74, 6) is 0.242. The second-order valence-electron chi connectivity index (χ2n) is 3.48. The Morgan fingerprint density at radius 3 is 2.63 bits per heavy atom. The van der Waals surface area contributed by atoms with Crippen LogP contribution in [-0.4, -0.2) is 20.0 Å². The molecule has 1 aromatic carbocycles. The smallest absolute Gasteiger partial charge is 0.321 e. The monoisotopic (exact) mass is 325 g/mol. The molecule has 2 rings (SSSR count). The Hall–Kier alpha value is -2.06. The van der Waals surface area contributed by atoms with Gasteiger partial charge in [-0.1, -0.05) is 6.07 Å². The maximum atomic E-state index is 10.8. The minimum absolute atomic E-state index is 0.0402. The molecule has 1 heterocycles. The van der Waals surface area contributed by atoms with Crippen molar-refractivity contribution in [2.45, 2.75) is 6.61 Å². The molecular formula is C11H8BrN3O4. The number of benzene rings is 1. The first-order valence-electron chi connectivity index (χ1n) is 5.14. The number of rotatable bonds is 4. The normalized spacial score (nSPS) is 10.2. The summed E-state index contributed by atoms with van der Waals surface area (Å²) >= 11 is 3.11. The predicted molar refractivity (Wildman–Crippen MR) is 68.8 cm³/mol. The van der Waals surface area contributed by atoms with E-state index in [4.69, 9.17) is 9.84 Å². The fraction of sp³-hybridized carbons (Fsp3) is 0.0909. The van der Waals surface area contributed by atoms with Gasteiger partial charge in [-0.25, -0.2) is 9.97 Å². The van der Waals surface area contributed by atoms with E-state index in [2.05, 4.69) is 25.9 Å². The van der Waals surface area contributed by atoms with Gasteiger partial charge in [0, 0.05) is 24.0 Å². The number of nitro groups is 1. The average Bonchev–Trinajstić information content (AvgIpc) is 2.41. The third-order valence-corrected chi connectivity index (χ3v) is 3.00. The number of aliphatic hydroxyl groups is 1. The van der Waals surface area contributed by atoms with Gasteiger partial charge in [0.2, 0.25) is 0 Å². The number of nitro benzene ring substituents is 1. The molecule has 2 aromatic rings. The highest BCUT2D eigenvalue weighted by Crippen LogP contribution is 2.35. The highest BCUT2D eigenvalue weighted by Gasteiger charge is 2.16. The zero-order valence-electron chi connectivity index (χ0n) is 9.49. The second kappa shape index (κ2) is 5.72. The van der Waals surface area contributed by atoms with Crippen molar-refractivity contribution in [2.75, 3.05) is 0 Å². The lowest BCUT2D eigenvalue weighted by Crippen LogP contribution is -1.96. The molecule has 0 radical (unpaired) electrons. The van der Waals surface area contributed by atoms with Crippen LogP contribution in [0.3, 0.4) is 0 Å². The quantitative estimate of drug-likeness (QED) is 0.684. The minimum atomic E-state index is -0.521. The molecule has 0 bridgehead atoms. The van der Waals surface area contributed by atoms with Crippen molar-refractivity contribution in [3.8, 4) is 11.8 Å². The van der Waals surface area contributed by atoms with Crippen LogP contribution < -0.4 is 4.74 Å². The van der Waals surface area contributed by atoms with Crippen molar-refractivity contribution in [1.82, 2.24) is 9.97 Å². The number of halogens is 1. The number of aliphatic hydroxyl groups excluding tert-OH is 1. The Kier molecular flexibility index (Phi) is 4.03. The van der Waals surface area contributed by atoms with E-state index in [0.717, 1.165) is 0 Å². The van der Waals surface area contributed by atoms with Gasteiger partial charge in [-0.3, -0.25) is 10.1 Å². The van der Waals surface area contributed by atoms with Crippen LogP contribution >= 0.6 is 15.9 Å². The molecule has 0 aliphatic heterocycles. The summed E-state index contributed by atoms with van der Waals surface area (Å²) in [6.07, 6.45) is 2.82. The lowest BCUT2D eigenvalue weighted by Gasteiger charge is -2.06. The van der Waals surface area contributed by atoms with Crippen LogP contribution in [0.15, 0.2) is 35.1 Å². The maximum Gasteiger partial charge on any atom is 0.321 e. The standard InChI is InChI=1S/C11H8BrN3O4/c12-10-8(15(17)18)2-1-3-9(10)19-11-13-4-7(6-16)5-14-11/h1-5,16H,6H2. The van der Waals surface area contributed by atoms with Crippen LogP contribution in [0, 0.1) is 10.1 Å². The summed E-state index contributed by atoms with van der Waals surface area (Å²) < 4.78 is 5.56. The largest absolute Gasteiger partial charge is 0.423 e. The summed E-state index contributed by atoms with van der Waals surface area (Å²) in [4.78, 5) is 18.0. The summed E-state index contributed by atoms with van der Waals surface area (Å²) in [6, 6.07) is 4.45. The minimum Gasteiger partial charge on any atom is -0.423 e. The molecule has 19 heavy (non-hydrogen) atoms. The van der Waals surface area contributed by atoms with Gasteiger partial charge in [-0.2, -0.15) is 0 Å². The van der Waals surface area contributed by atoms with E-state index in [1.165, 1.54) is 24.5 Å². The Balaban J connectivity index is 2.27.